The summed E-state index contributed by atoms with van der Waals surface area (Å²) in [5.74, 6) is -3.15. The molecule has 0 saturated heterocycles. The number of aliphatic imine (C=N–C) groups is 2. The number of para-hydroxylation sites is 2. The fourth-order valence-corrected chi connectivity index (χ4v) is 2.48. The molecule has 0 amide bonds. The maximum atomic E-state index is 13.8. The SMILES string of the molecule is CC(=Nc1c(F)cccc1F)c1cccc(C(C)=Nc2c(F)cccc2F)n1.[Fe+2]. The Bertz CT molecular complexity index is 974. The molecule has 0 aliphatic heterocycles. The summed E-state index contributed by atoms with van der Waals surface area (Å²) in [5, 5.41) is 0. The first-order chi connectivity index (χ1) is 13.4. The Kier molecular flexibility index (Phi) is 7.42. The van der Waals surface area contributed by atoms with Crippen molar-refractivity contribution in [2.24, 2.45) is 9.98 Å². The largest absolute Gasteiger partial charge is 2.00 e. The van der Waals surface area contributed by atoms with Crippen LogP contribution in [-0.4, -0.2) is 16.4 Å². The van der Waals surface area contributed by atoms with E-state index < -0.39 is 34.6 Å². The van der Waals surface area contributed by atoms with Gasteiger partial charge < -0.3 is 0 Å². The Labute approximate surface area is 175 Å². The number of hydrogen-bond donors (Lipinski definition) is 0. The minimum atomic E-state index is -0.789. The number of benzene rings is 2. The summed E-state index contributed by atoms with van der Waals surface area (Å²) in [6.45, 7) is 3.11. The molecule has 3 rings (SSSR count). The van der Waals surface area contributed by atoms with Crippen LogP contribution in [0.4, 0.5) is 28.9 Å². The quantitative estimate of drug-likeness (QED) is 0.282. The molecule has 0 aliphatic rings. The Balaban J connectivity index is 0.00000300. The van der Waals surface area contributed by atoms with Crippen LogP contribution in [0.3, 0.4) is 0 Å². The van der Waals surface area contributed by atoms with Gasteiger partial charge in [0.1, 0.15) is 11.4 Å². The number of pyridine rings is 1. The van der Waals surface area contributed by atoms with Crippen LogP contribution in [0, 0.1) is 23.3 Å². The average molecular weight is 441 g/mol. The molecule has 0 unspecified atom stereocenters. The van der Waals surface area contributed by atoms with Crippen LogP contribution in [0.15, 0.2) is 64.6 Å². The summed E-state index contributed by atoms with van der Waals surface area (Å²) in [4.78, 5) is 12.3. The Morgan fingerprint density at radius 1 is 0.621 bits per heavy atom. The van der Waals surface area contributed by atoms with E-state index in [1.54, 1.807) is 32.0 Å². The summed E-state index contributed by atoms with van der Waals surface area (Å²) in [6, 6.07) is 11.8. The van der Waals surface area contributed by atoms with Gasteiger partial charge in [-0.2, -0.15) is 0 Å². The standard InChI is InChI=1S/C21H15F4N3.Fe/c1-12(26-20-14(22)6-3-7-15(20)23)18-10-5-11-19(28-18)13(2)27-21-16(24)8-4-9-17(21)25;/h3-11H,1-2H3;/q;+2. The molecule has 0 N–H and O–H groups in total. The zero-order valence-corrected chi connectivity index (χ0v) is 16.5. The third-order valence-corrected chi connectivity index (χ3v) is 3.92. The Morgan fingerprint density at radius 2 is 0.931 bits per heavy atom. The van der Waals surface area contributed by atoms with Crippen molar-refractivity contribution < 1.29 is 34.6 Å². The minimum absolute atomic E-state index is 0. The summed E-state index contributed by atoms with van der Waals surface area (Å²) >= 11 is 0. The van der Waals surface area contributed by atoms with Gasteiger partial charge in [0.2, 0.25) is 0 Å². The maximum absolute atomic E-state index is 13.8. The van der Waals surface area contributed by atoms with E-state index in [2.05, 4.69) is 15.0 Å². The molecule has 29 heavy (non-hydrogen) atoms. The first-order valence-electron chi connectivity index (χ1n) is 8.33. The van der Waals surface area contributed by atoms with Gasteiger partial charge in [-0.15, -0.1) is 0 Å². The van der Waals surface area contributed by atoms with E-state index in [4.69, 9.17) is 0 Å². The van der Waals surface area contributed by atoms with Crippen LogP contribution in [-0.2, 0) is 17.1 Å². The van der Waals surface area contributed by atoms with Gasteiger partial charge in [-0.25, -0.2) is 32.5 Å². The van der Waals surface area contributed by atoms with E-state index >= 15 is 0 Å². The van der Waals surface area contributed by atoms with E-state index in [-0.39, 0.29) is 28.5 Å². The molecule has 3 nitrogen and oxygen atoms in total. The number of nitrogens with zero attached hydrogens (tertiary/aromatic N) is 3. The molecule has 3 aromatic rings. The molecule has 148 valence electrons. The van der Waals surface area contributed by atoms with Gasteiger partial charge in [-0.05, 0) is 50.2 Å². The van der Waals surface area contributed by atoms with Crippen molar-refractivity contribution in [3.63, 3.8) is 0 Å². The minimum Gasteiger partial charge on any atom is -0.245 e. The first-order valence-corrected chi connectivity index (χ1v) is 8.33. The number of hydrogen-bond acceptors (Lipinski definition) is 3. The van der Waals surface area contributed by atoms with Crippen LogP contribution < -0.4 is 0 Å². The second-order valence-electron chi connectivity index (χ2n) is 5.94. The molecule has 0 saturated carbocycles. The van der Waals surface area contributed by atoms with Gasteiger partial charge in [0.25, 0.3) is 0 Å². The molecule has 1 aromatic heterocycles. The molecule has 2 aromatic carbocycles. The molecule has 0 atom stereocenters. The summed E-state index contributed by atoms with van der Waals surface area (Å²) in [5.41, 5.74) is 0.427. The van der Waals surface area contributed by atoms with Gasteiger partial charge >= 0.3 is 17.1 Å². The number of halogens is 4. The van der Waals surface area contributed by atoms with E-state index in [9.17, 15) is 17.6 Å². The molecule has 0 bridgehead atoms. The first kappa shape index (κ1) is 22.5. The van der Waals surface area contributed by atoms with Crippen molar-refractivity contribution in [3.05, 3.63) is 89.3 Å². The maximum Gasteiger partial charge on any atom is 2.00 e. The fraction of sp³-hybridized carbons (Fsp3) is 0.0952. The van der Waals surface area contributed by atoms with E-state index in [1.165, 1.54) is 12.1 Å². The summed E-state index contributed by atoms with van der Waals surface area (Å²) < 4.78 is 55.2. The third kappa shape index (κ3) is 5.16. The van der Waals surface area contributed by atoms with E-state index in [0.29, 0.717) is 11.4 Å². The van der Waals surface area contributed by atoms with E-state index in [1.807, 2.05) is 0 Å². The smallest absolute Gasteiger partial charge is 0.245 e. The predicted molar refractivity (Wildman–Crippen MR) is 101 cm³/mol. The molecule has 0 fully saturated rings. The number of aromatic nitrogens is 1. The van der Waals surface area contributed by atoms with Crippen molar-refractivity contribution in [2.75, 3.05) is 0 Å². The van der Waals surface area contributed by atoms with Crippen LogP contribution >= 0.6 is 0 Å². The molecular weight excluding hydrogens is 426 g/mol. The second kappa shape index (κ2) is 9.58. The predicted octanol–water partition coefficient (Wildman–Crippen LogP) is 5.92. The molecule has 0 radical (unpaired) electrons. The van der Waals surface area contributed by atoms with Gasteiger partial charge in [0.15, 0.2) is 23.3 Å². The van der Waals surface area contributed by atoms with Crippen molar-refractivity contribution >= 4 is 22.8 Å². The van der Waals surface area contributed by atoms with Gasteiger partial charge in [-0.1, -0.05) is 18.2 Å². The van der Waals surface area contributed by atoms with Crippen molar-refractivity contribution in [2.45, 2.75) is 13.8 Å². The van der Waals surface area contributed by atoms with Gasteiger partial charge in [-0.3, -0.25) is 0 Å². The molecule has 1 heterocycles. The Hall–Kier alpha value is -2.83. The van der Waals surface area contributed by atoms with Crippen LogP contribution in [0.1, 0.15) is 25.2 Å². The van der Waals surface area contributed by atoms with Crippen LogP contribution in [0.2, 0.25) is 0 Å². The monoisotopic (exact) mass is 441 g/mol. The number of rotatable bonds is 4. The van der Waals surface area contributed by atoms with E-state index in [0.717, 1.165) is 24.3 Å². The molecule has 0 spiro atoms. The third-order valence-electron chi connectivity index (χ3n) is 3.92. The second-order valence-corrected chi connectivity index (χ2v) is 5.94. The Morgan fingerprint density at radius 3 is 1.28 bits per heavy atom. The van der Waals surface area contributed by atoms with Crippen molar-refractivity contribution in [1.82, 2.24) is 4.98 Å². The topological polar surface area (TPSA) is 37.6 Å². The zero-order chi connectivity index (χ0) is 20.3. The normalized spacial score (nSPS) is 11.9. The van der Waals surface area contributed by atoms with Crippen LogP contribution in [0.5, 0.6) is 0 Å². The van der Waals surface area contributed by atoms with Crippen molar-refractivity contribution in [1.29, 1.82) is 0 Å². The average Bonchev–Trinajstić information content (AvgIpc) is 2.67. The molecule has 0 aliphatic carbocycles. The molecule has 8 heteroatoms. The summed E-state index contributed by atoms with van der Waals surface area (Å²) in [7, 11) is 0. The fourth-order valence-electron chi connectivity index (χ4n) is 2.48. The van der Waals surface area contributed by atoms with Gasteiger partial charge in [0, 0.05) is 0 Å². The summed E-state index contributed by atoms with van der Waals surface area (Å²) in [6.07, 6.45) is 0. The van der Waals surface area contributed by atoms with Gasteiger partial charge in [0.05, 0.1) is 22.8 Å². The zero-order valence-electron chi connectivity index (χ0n) is 15.4. The van der Waals surface area contributed by atoms with Crippen molar-refractivity contribution in [3.8, 4) is 0 Å². The molecular formula is C21H15F4FeN3+2. The van der Waals surface area contributed by atoms with Crippen LogP contribution in [0.25, 0.3) is 0 Å².